The Balaban J connectivity index is 1.95. The van der Waals surface area contributed by atoms with E-state index in [9.17, 15) is 0 Å². The minimum absolute atomic E-state index is 1.18. The highest BCUT2D eigenvalue weighted by atomic mass is 15.1. The van der Waals surface area contributed by atoms with E-state index in [1.54, 1.807) is 0 Å². The molecule has 0 N–H and O–H groups in total. The molecule has 146 valence electrons. The molecule has 0 saturated heterocycles. The summed E-state index contributed by atoms with van der Waals surface area (Å²) in [6.07, 6.45) is 18.6. The van der Waals surface area contributed by atoms with Crippen molar-refractivity contribution in [1.29, 1.82) is 0 Å². The van der Waals surface area contributed by atoms with Gasteiger partial charge in [0.05, 0.1) is 0 Å². The fraction of sp³-hybridized carbons (Fsp3) is 0.480. The van der Waals surface area contributed by atoms with Crippen molar-refractivity contribution >= 4 is 17.8 Å². The number of pyridine rings is 1. The van der Waals surface area contributed by atoms with Crippen molar-refractivity contribution in [3.8, 4) is 0 Å². The fourth-order valence-electron chi connectivity index (χ4n) is 3.29. The number of unbranched alkanes of at least 4 members (excludes halogenated alkanes) is 6. The van der Waals surface area contributed by atoms with E-state index in [2.05, 4.69) is 60.1 Å². The Morgan fingerprint density at radius 3 is 1.70 bits per heavy atom. The summed E-state index contributed by atoms with van der Waals surface area (Å²) in [6, 6.07) is 13.1. The summed E-state index contributed by atoms with van der Waals surface area (Å²) >= 11 is 0. The summed E-state index contributed by atoms with van der Waals surface area (Å²) in [5.74, 6) is 0. The van der Waals surface area contributed by atoms with Crippen LogP contribution < -0.4 is 4.90 Å². The molecule has 1 aromatic heterocycles. The smallest absolute Gasteiger partial charge is 0.0366 e. The molecule has 0 unspecified atom stereocenters. The second-order valence-corrected chi connectivity index (χ2v) is 7.31. The molecular weight excluding hydrogens is 328 g/mol. The van der Waals surface area contributed by atoms with Crippen LogP contribution in [0.5, 0.6) is 0 Å². The molecule has 0 bridgehead atoms. The van der Waals surface area contributed by atoms with Crippen molar-refractivity contribution in [3.05, 3.63) is 59.9 Å². The monoisotopic (exact) mass is 364 g/mol. The molecule has 0 spiro atoms. The Kier molecular flexibility index (Phi) is 10.3. The van der Waals surface area contributed by atoms with Crippen LogP contribution in [0.3, 0.4) is 0 Å². The van der Waals surface area contributed by atoms with Gasteiger partial charge in [0.15, 0.2) is 0 Å². The van der Waals surface area contributed by atoms with E-state index in [1.165, 1.54) is 81.3 Å². The molecule has 0 aliphatic heterocycles. The zero-order valence-electron chi connectivity index (χ0n) is 17.2. The normalized spacial score (nSPS) is 11.2. The first kappa shape index (κ1) is 21.2. The minimum atomic E-state index is 1.18. The van der Waals surface area contributed by atoms with Gasteiger partial charge < -0.3 is 4.90 Å². The number of hydrogen-bond acceptors (Lipinski definition) is 2. The van der Waals surface area contributed by atoms with Gasteiger partial charge >= 0.3 is 0 Å². The summed E-state index contributed by atoms with van der Waals surface area (Å²) in [5.41, 5.74) is 3.79. The highest BCUT2D eigenvalue weighted by Crippen LogP contribution is 2.19. The summed E-state index contributed by atoms with van der Waals surface area (Å²) < 4.78 is 0. The van der Waals surface area contributed by atoms with E-state index >= 15 is 0 Å². The minimum Gasteiger partial charge on any atom is -0.372 e. The van der Waals surface area contributed by atoms with Crippen LogP contribution in [-0.4, -0.2) is 18.1 Å². The van der Waals surface area contributed by atoms with Crippen LogP contribution in [0.2, 0.25) is 0 Å². The van der Waals surface area contributed by atoms with Gasteiger partial charge in [-0.2, -0.15) is 0 Å². The second kappa shape index (κ2) is 13.1. The van der Waals surface area contributed by atoms with E-state index in [1.807, 2.05) is 24.5 Å². The Morgan fingerprint density at radius 2 is 1.19 bits per heavy atom. The van der Waals surface area contributed by atoms with Gasteiger partial charge in [-0.25, -0.2) is 0 Å². The standard InChI is InChI=1S/C25H36N2/c1-3-5-7-9-21-27(22-10-8-6-4-2)25-15-13-23(14-16-25)11-12-24-17-19-26-20-18-24/h11-20H,3-10,21-22H2,1-2H3/b12-11+. The van der Waals surface area contributed by atoms with Gasteiger partial charge in [0.1, 0.15) is 0 Å². The average molecular weight is 365 g/mol. The van der Waals surface area contributed by atoms with Crippen molar-refractivity contribution in [1.82, 2.24) is 4.98 Å². The lowest BCUT2D eigenvalue weighted by Crippen LogP contribution is -2.25. The van der Waals surface area contributed by atoms with Crippen molar-refractivity contribution < 1.29 is 0 Å². The largest absolute Gasteiger partial charge is 0.372 e. The van der Waals surface area contributed by atoms with Crippen LogP contribution in [-0.2, 0) is 0 Å². The van der Waals surface area contributed by atoms with E-state index in [4.69, 9.17) is 0 Å². The zero-order valence-corrected chi connectivity index (χ0v) is 17.2. The highest BCUT2D eigenvalue weighted by Gasteiger charge is 2.06. The topological polar surface area (TPSA) is 16.1 Å². The maximum Gasteiger partial charge on any atom is 0.0366 e. The van der Waals surface area contributed by atoms with Gasteiger partial charge in [-0.05, 0) is 48.2 Å². The van der Waals surface area contributed by atoms with Crippen LogP contribution in [0.1, 0.15) is 76.3 Å². The lowest BCUT2D eigenvalue weighted by molar-refractivity contribution is 0.609. The maximum atomic E-state index is 4.06. The first-order valence-electron chi connectivity index (χ1n) is 10.8. The third-order valence-electron chi connectivity index (χ3n) is 5.00. The molecule has 0 atom stereocenters. The third kappa shape index (κ3) is 8.43. The van der Waals surface area contributed by atoms with Crippen molar-refractivity contribution in [3.63, 3.8) is 0 Å². The lowest BCUT2D eigenvalue weighted by Gasteiger charge is -2.25. The Labute approximate surface area is 166 Å². The van der Waals surface area contributed by atoms with E-state index in [-0.39, 0.29) is 0 Å². The molecule has 2 aromatic rings. The molecule has 0 aliphatic rings. The molecule has 0 saturated carbocycles. The van der Waals surface area contributed by atoms with Crippen LogP contribution in [0.4, 0.5) is 5.69 Å². The second-order valence-electron chi connectivity index (χ2n) is 7.31. The first-order valence-corrected chi connectivity index (χ1v) is 10.8. The van der Waals surface area contributed by atoms with Gasteiger partial charge in [-0.3, -0.25) is 4.98 Å². The summed E-state index contributed by atoms with van der Waals surface area (Å²) in [5, 5.41) is 0. The number of aromatic nitrogens is 1. The number of rotatable bonds is 13. The Bertz CT molecular complexity index is 619. The SMILES string of the molecule is CCCCCCN(CCCCCC)c1ccc(/C=C/c2ccncc2)cc1. The molecule has 27 heavy (non-hydrogen) atoms. The van der Waals surface area contributed by atoms with Gasteiger partial charge in [0.2, 0.25) is 0 Å². The number of hydrogen-bond donors (Lipinski definition) is 0. The van der Waals surface area contributed by atoms with E-state index < -0.39 is 0 Å². The van der Waals surface area contributed by atoms with Gasteiger partial charge in [-0.1, -0.05) is 76.7 Å². The quantitative estimate of drug-likeness (QED) is 0.349. The van der Waals surface area contributed by atoms with Gasteiger partial charge in [0.25, 0.3) is 0 Å². The summed E-state index contributed by atoms with van der Waals surface area (Å²) in [6.45, 7) is 6.91. The molecule has 0 amide bonds. The summed E-state index contributed by atoms with van der Waals surface area (Å²) in [4.78, 5) is 6.65. The van der Waals surface area contributed by atoms with E-state index in [0.717, 1.165) is 0 Å². The first-order chi connectivity index (χ1) is 13.3. The average Bonchev–Trinajstić information content (AvgIpc) is 2.72. The van der Waals surface area contributed by atoms with Gasteiger partial charge in [-0.15, -0.1) is 0 Å². The molecule has 2 nitrogen and oxygen atoms in total. The molecule has 0 aliphatic carbocycles. The molecule has 1 aromatic carbocycles. The molecule has 1 heterocycles. The molecule has 0 fully saturated rings. The van der Waals surface area contributed by atoms with Crippen LogP contribution in [0, 0.1) is 0 Å². The Hall–Kier alpha value is -2.09. The van der Waals surface area contributed by atoms with Crippen molar-refractivity contribution in [2.45, 2.75) is 65.2 Å². The predicted molar refractivity (Wildman–Crippen MR) is 120 cm³/mol. The molecule has 0 radical (unpaired) electrons. The number of nitrogens with zero attached hydrogens (tertiary/aromatic N) is 2. The number of benzene rings is 1. The van der Waals surface area contributed by atoms with E-state index in [0.29, 0.717) is 0 Å². The molecular formula is C25H36N2. The predicted octanol–water partition coefficient (Wildman–Crippen LogP) is 7.22. The van der Waals surface area contributed by atoms with Crippen molar-refractivity contribution in [2.75, 3.05) is 18.0 Å². The van der Waals surface area contributed by atoms with Gasteiger partial charge in [0, 0.05) is 31.2 Å². The zero-order chi connectivity index (χ0) is 19.2. The maximum absolute atomic E-state index is 4.06. The molecule has 2 rings (SSSR count). The van der Waals surface area contributed by atoms with Crippen LogP contribution >= 0.6 is 0 Å². The Morgan fingerprint density at radius 1 is 0.667 bits per heavy atom. The fourth-order valence-corrected chi connectivity index (χ4v) is 3.29. The lowest BCUT2D eigenvalue weighted by atomic mass is 10.1. The molecule has 2 heteroatoms. The van der Waals surface area contributed by atoms with Crippen LogP contribution in [0.25, 0.3) is 12.2 Å². The van der Waals surface area contributed by atoms with Crippen LogP contribution in [0.15, 0.2) is 48.8 Å². The van der Waals surface area contributed by atoms with Crippen molar-refractivity contribution in [2.24, 2.45) is 0 Å². The summed E-state index contributed by atoms with van der Waals surface area (Å²) in [7, 11) is 0. The number of anilines is 1. The highest BCUT2D eigenvalue weighted by molar-refractivity contribution is 5.70. The third-order valence-corrected chi connectivity index (χ3v) is 5.00.